The SMILES string of the molecule is CC1CCCC1(CN)NC1CCCC1. The molecule has 0 aromatic carbocycles. The maximum Gasteiger partial charge on any atom is 0.0332 e. The largest absolute Gasteiger partial charge is 0.329 e. The van der Waals surface area contributed by atoms with Crippen LogP contribution in [0.2, 0.25) is 0 Å². The van der Waals surface area contributed by atoms with Crippen molar-refractivity contribution in [2.75, 3.05) is 6.54 Å². The Balaban J connectivity index is 1.97. The molecule has 0 aromatic rings. The predicted octanol–water partition coefficient (Wildman–Crippen LogP) is 2.04. The van der Waals surface area contributed by atoms with Crippen molar-refractivity contribution in [2.24, 2.45) is 11.7 Å². The Kier molecular flexibility index (Phi) is 3.13. The van der Waals surface area contributed by atoms with Crippen molar-refractivity contribution in [2.45, 2.75) is 63.5 Å². The lowest BCUT2D eigenvalue weighted by Gasteiger charge is -2.36. The molecule has 14 heavy (non-hydrogen) atoms. The summed E-state index contributed by atoms with van der Waals surface area (Å²) in [6.07, 6.45) is 9.57. The van der Waals surface area contributed by atoms with Gasteiger partial charge in [-0.25, -0.2) is 0 Å². The van der Waals surface area contributed by atoms with Gasteiger partial charge in [-0.2, -0.15) is 0 Å². The van der Waals surface area contributed by atoms with Gasteiger partial charge in [0, 0.05) is 18.1 Å². The van der Waals surface area contributed by atoms with Crippen molar-refractivity contribution in [1.82, 2.24) is 5.32 Å². The van der Waals surface area contributed by atoms with Gasteiger partial charge >= 0.3 is 0 Å². The molecule has 2 heteroatoms. The summed E-state index contributed by atoms with van der Waals surface area (Å²) in [7, 11) is 0. The molecule has 0 aromatic heterocycles. The van der Waals surface area contributed by atoms with Crippen molar-refractivity contribution in [3.63, 3.8) is 0 Å². The molecule has 0 spiro atoms. The lowest BCUT2D eigenvalue weighted by molar-refractivity contribution is 0.236. The molecule has 3 N–H and O–H groups in total. The molecule has 2 saturated carbocycles. The van der Waals surface area contributed by atoms with E-state index in [1.807, 2.05) is 0 Å². The molecule has 2 aliphatic carbocycles. The maximum absolute atomic E-state index is 5.97. The highest BCUT2D eigenvalue weighted by atomic mass is 15.0. The van der Waals surface area contributed by atoms with Gasteiger partial charge in [0.2, 0.25) is 0 Å². The van der Waals surface area contributed by atoms with Crippen molar-refractivity contribution in [3.05, 3.63) is 0 Å². The van der Waals surface area contributed by atoms with E-state index in [-0.39, 0.29) is 5.54 Å². The summed E-state index contributed by atoms with van der Waals surface area (Å²) < 4.78 is 0. The fourth-order valence-corrected chi connectivity index (χ4v) is 3.30. The summed E-state index contributed by atoms with van der Waals surface area (Å²) in [4.78, 5) is 0. The van der Waals surface area contributed by atoms with Gasteiger partial charge in [-0.1, -0.05) is 26.2 Å². The van der Waals surface area contributed by atoms with Gasteiger partial charge in [0.25, 0.3) is 0 Å². The molecule has 82 valence electrons. The molecule has 2 atom stereocenters. The average Bonchev–Trinajstić information content (AvgIpc) is 2.79. The number of hydrogen-bond donors (Lipinski definition) is 2. The van der Waals surface area contributed by atoms with Crippen molar-refractivity contribution in [3.8, 4) is 0 Å². The van der Waals surface area contributed by atoms with Crippen LogP contribution in [0.25, 0.3) is 0 Å². The Bertz CT molecular complexity index is 187. The highest BCUT2D eigenvalue weighted by molar-refractivity contribution is 5.00. The summed E-state index contributed by atoms with van der Waals surface area (Å²) in [6.45, 7) is 3.19. The van der Waals surface area contributed by atoms with E-state index in [0.29, 0.717) is 0 Å². The Morgan fingerprint density at radius 3 is 2.43 bits per heavy atom. The summed E-state index contributed by atoms with van der Waals surface area (Å²) in [6, 6.07) is 0.763. The molecular formula is C12H24N2. The Labute approximate surface area is 87.6 Å². The number of nitrogens with two attached hydrogens (primary N) is 1. The van der Waals surface area contributed by atoms with Crippen LogP contribution in [0.5, 0.6) is 0 Å². The molecule has 2 rings (SSSR count). The second-order valence-corrected chi connectivity index (χ2v) is 5.28. The van der Waals surface area contributed by atoms with Crippen LogP contribution in [0.1, 0.15) is 51.9 Å². The van der Waals surface area contributed by atoms with Gasteiger partial charge in [-0.3, -0.25) is 0 Å². The maximum atomic E-state index is 5.97. The normalized spacial score (nSPS) is 39.4. The summed E-state index contributed by atoms with van der Waals surface area (Å²) >= 11 is 0. The first-order valence-corrected chi connectivity index (χ1v) is 6.24. The Hall–Kier alpha value is -0.0800. The highest BCUT2D eigenvalue weighted by Gasteiger charge is 2.40. The van der Waals surface area contributed by atoms with Crippen LogP contribution in [0, 0.1) is 5.92 Å². The minimum absolute atomic E-state index is 0.287. The zero-order valence-electron chi connectivity index (χ0n) is 9.39. The standard InChI is InChI=1S/C12H24N2/c1-10-5-4-8-12(10,9-13)14-11-6-2-3-7-11/h10-11,14H,2-9,13H2,1H3. The first kappa shape index (κ1) is 10.4. The lowest BCUT2D eigenvalue weighted by Crippen LogP contribution is -2.56. The highest BCUT2D eigenvalue weighted by Crippen LogP contribution is 2.36. The average molecular weight is 196 g/mol. The first-order chi connectivity index (χ1) is 6.77. The Morgan fingerprint density at radius 1 is 1.21 bits per heavy atom. The zero-order valence-corrected chi connectivity index (χ0v) is 9.39. The molecule has 0 bridgehead atoms. The van der Waals surface area contributed by atoms with Crippen molar-refractivity contribution < 1.29 is 0 Å². The monoisotopic (exact) mass is 196 g/mol. The molecule has 2 unspecified atom stereocenters. The van der Waals surface area contributed by atoms with Gasteiger partial charge in [0.1, 0.15) is 0 Å². The molecule has 0 amide bonds. The third kappa shape index (κ3) is 1.82. The van der Waals surface area contributed by atoms with E-state index in [2.05, 4.69) is 12.2 Å². The minimum atomic E-state index is 0.287. The fourth-order valence-electron chi connectivity index (χ4n) is 3.30. The molecule has 0 aliphatic heterocycles. The number of rotatable bonds is 3. The van der Waals surface area contributed by atoms with Crippen LogP contribution in [0.4, 0.5) is 0 Å². The van der Waals surface area contributed by atoms with E-state index < -0.39 is 0 Å². The first-order valence-electron chi connectivity index (χ1n) is 6.24. The molecule has 2 fully saturated rings. The van der Waals surface area contributed by atoms with Crippen LogP contribution in [-0.4, -0.2) is 18.1 Å². The second kappa shape index (κ2) is 4.19. The lowest BCUT2D eigenvalue weighted by atomic mass is 9.87. The third-order valence-electron chi connectivity index (χ3n) is 4.41. The minimum Gasteiger partial charge on any atom is -0.329 e. The van der Waals surface area contributed by atoms with Gasteiger partial charge in [-0.05, 0) is 31.6 Å². The van der Waals surface area contributed by atoms with Gasteiger partial charge < -0.3 is 11.1 Å². The topological polar surface area (TPSA) is 38.0 Å². The van der Waals surface area contributed by atoms with Crippen molar-refractivity contribution in [1.29, 1.82) is 0 Å². The van der Waals surface area contributed by atoms with Gasteiger partial charge in [0.15, 0.2) is 0 Å². The molecule has 0 heterocycles. The Morgan fingerprint density at radius 2 is 1.93 bits per heavy atom. The van der Waals surface area contributed by atoms with Gasteiger partial charge in [-0.15, -0.1) is 0 Å². The molecule has 0 radical (unpaired) electrons. The quantitative estimate of drug-likeness (QED) is 0.725. The number of nitrogens with one attached hydrogen (secondary N) is 1. The predicted molar refractivity (Wildman–Crippen MR) is 60.2 cm³/mol. The summed E-state index contributed by atoms with van der Waals surface area (Å²) in [5, 5.41) is 3.87. The van der Waals surface area contributed by atoms with E-state index in [1.54, 1.807) is 0 Å². The zero-order chi connectivity index (χ0) is 10.0. The van der Waals surface area contributed by atoms with E-state index in [0.717, 1.165) is 18.5 Å². The summed E-state index contributed by atoms with van der Waals surface area (Å²) in [5.74, 6) is 0.771. The van der Waals surface area contributed by atoms with E-state index >= 15 is 0 Å². The van der Waals surface area contributed by atoms with E-state index in [1.165, 1.54) is 44.9 Å². The molecular weight excluding hydrogens is 172 g/mol. The second-order valence-electron chi connectivity index (χ2n) is 5.28. The van der Waals surface area contributed by atoms with Crippen LogP contribution >= 0.6 is 0 Å². The van der Waals surface area contributed by atoms with Crippen LogP contribution < -0.4 is 11.1 Å². The van der Waals surface area contributed by atoms with E-state index in [9.17, 15) is 0 Å². The molecule has 2 nitrogen and oxygen atoms in total. The fraction of sp³-hybridized carbons (Fsp3) is 1.00. The van der Waals surface area contributed by atoms with Crippen molar-refractivity contribution >= 4 is 0 Å². The third-order valence-corrected chi connectivity index (χ3v) is 4.41. The molecule has 2 aliphatic rings. The smallest absolute Gasteiger partial charge is 0.0332 e. The number of hydrogen-bond acceptors (Lipinski definition) is 2. The van der Waals surface area contributed by atoms with Crippen LogP contribution in [-0.2, 0) is 0 Å². The van der Waals surface area contributed by atoms with Crippen LogP contribution in [0.3, 0.4) is 0 Å². The molecule has 0 saturated heterocycles. The van der Waals surface area contributed by atoms with Crippen LogP contribution in [0.15, 0.2) is 0 Å². The van der Waals surface area contributed by atoms with Gasteiger partial charge in [0.05, 0.1) is 0 Å². The summed E-state index contributed by atoms with van der Waals surface area (Å²) in [5.41, 5.74) is 6.26. The van der Waals surface area contributed by atoms with E-state index in [4.69, 9.17) is 5.73 Å².